The van der Waals surface area contributed by atoms with Gasteiger partial charge in [0.2, 0.25) is 0 Å². The highest BCUT2D eigenvalue weighted by Gasteiger charge is 2.62. The highest BCUT2D eigenvalue weighted by molar-refractivity contribution is 6.01. The second-order valence-electron chi connectivity index (χ2n) is 8.02. The first-order chi connectivity index (χ1) is 11.7. The summed E-state index contributed by atoms with van der Waals surface area (Å²) in [5.41, 5.74) is -2.82. The van der Waals surface area contributed by atoms with E-state index in [4.69, 9.17) is 0 Å². The standard InChI is InChI=1S/C16H23F3N2O5/c1-14(2,3)10-8-20(13(25)26)11(23)15(6-4-9(22)5-7-15)21(10)12(24)16(17,18)19/h9-10,22H,4-8H2,1-3H3,(H,25,26). The van der Waals surface area contributed by atoms with E-state index < -0.39 is 53.7 Å². The van der Waals surface area contributed by atoms with E-state index in [2.05, 4.69) is 0 Å². The van der Waals surface area contributed by atoms with Gasteiger partial charge in [-0.15, -0.1) is 0 Å². The molecule has 26 heavy (non-hydrogen) atoms. The summed E-state index contributed by atoms with van der Waals surface area (Å²) in [6, 6.07) is -1.14. The van der Waals surface area contributed by atoms with E-state index in [-0.39, 0.29) is 25.7 Å². The Kier molecular flexibility index (Phi) is 5.04. The van der Waals surface area contributed by atoms with Crippen LogP contribution in [0.4, 0.5) is 18.0 Å². The maximum absolute atomic E-state index is 13.3. The molecule has 148 valence electrons. The van der Waals surface area contributed by atoms with Crippen molar-refractivity contribution in [1.29, 1.82) is 0 Å². The number of hydrogen-bond donors (Lipinski definition) is 2. The average Bonchev–Trinajstić information content (AvgIpc) is 2.49. The van der Waals surface area contributed by atoms with E-state index >= 15 is 0 Å². The Hall–Kier alpha value is -1.84. The fourth-order valence-corrected chi connectivity index (χ4v) is 3.82. The molecular formula is C16H23F3N2O5. The van der Waals surface area contributed by atoms with Gasteiger partial charge in [0.05, 0.1) is 18.7 Å². The van der Waals surface area contributed by atoms with Crippen molar-refractivity contribution in [3.8, 4) is 0 Å². The highest BCUT2D eigenvalue weighted by Crippen LogP contribution is 2.45. The molecule has 0 bridgehead atoms. The second kappa shape index (κ2) is 6.40. The lowest BCUT2D eigenvalue weighted by molar-refractivity contribution is -0.208. The first kappa shape index (κ1) is 20.5. The number of alkyl halides is 3. The largest absolute Gasteiger partial charge is 0.471 e. The second-order valence-corrected chi connectivity index (χ2v) is 8.02. The van der Waals surface area contributed by atoms with Crippen LogP contribution in [0.3, 0.4) is 0 Å². The zero-order valence-corrected chi connectivity index (χ0v) is 14.8. The SMILES string of the molecule is CC(C)(C)C1CN(C(=O)O)C(=O)C2(CCC(O)CC2)N1C(=O)C(F)(F)F. The van der Waals surface area contributed by atoms with E-state index in [9.17, 15) is 37.8 Å². The Morgan fingerprint density at radius 2 is 1.65 bits per heavy atom. The number of imide groups is 1. The number of halogens is 3. The van der Waals surface area contributed by atoms with Gasteiger partial charge in [0.25, 0.3) is 5.91 Å². The molecular weight excluding hydrogens is 357 g/mol. The zero-order valence-electron chi connectivity index (χ0n) is 14.8. The summed E-state index contributed by atoms with van der Waals surface area (Å²) in [6.45, 7) is 4.25. The van der Waals surface area contributed by atoms with Gasteiger partial charge in [0.15, 0.2) is 0 Å². The molecule has 1 saturated carbocycles. The quantitative estimate of drug-likeness (QED) is 0.670. The van der Waals surface area contributed by atoms with Crippen molar-refractivity contribution in [1.82, 2.24) is 9.80 Å². The molecule has 0 aromatic carbocycles. The van der Waals surface area contributed by atoms with Crippen molar-refractivity contribution in [2.75, 3.05) is 6.54 Å². The molecule has 1 saturated heterocycles. The van der Waals surface area contributed by atoms with Crippen LogP contribution in [0.2, 0.25) is 0 Å². The first-order valence-electron chi connectivity index (χ1n) is 8.35. The molecule has 1 spiro atoms. The maximum atomic E-state index is 13.3. The molecule has 1 aliphatic heterocycles. The van der Waals surface area contributed by atoms with Crippen LogP contribution in [0.1, 0.15) is 46.5 Å². The van der Waals surface area contributed by atoms with E-state index in [1.807, 2.05) is 0 Å². The first-order valence-corrected chi connectivity index (χ1v) is 8.35. The van der Waals surface area contributed by atoms with Gasteiger partial charge in [-0.25, -0.2) is 9.69 Å². The van der Waals surface area contributed by atoms with Gasteiger partial charge in [-0.3, -0.25) is 9.59 Å². The average molecular weight is 380 g/mol. The lowest BCUT2D eigenvalue weighted by atomic mass is 9.72. The molecule has 10 heteroatoms. The number of aliphatic hydroxyl groups is 1. The molecule has 2 rings (SSSR count). The third kappa shape index (κ3) is 3.38. The Labute approximate surface area is 148 Å². The molecule has 1 heterocycles. The van der Waals surface area contributed by atoms with Gasteiger partial charge < -0.3 is 15.1 Å². The topological polar surface area (TPSA) is 98.2 Å². The van der Waals surface area contributed by atoms with Gasteiger partial charge in [-0.1, -0.05) is 20.8 Å². The minimum Gasteiger partial charge on any atom is -0.465 e. The van der Waals surface area contributed by atoms with E-state index in [0.717, 1.165) is 0 Å². The summed E-state index contributed by atoms with van der Waals surface area (Å²) in [6.07, 6.45) is -7.97. The molecule has 0 radical (unpaired) electrons. The van der Waals surface area contributed by atoms with Gasteiger partial charge in [-0.05, 0) is 31.1 Å². The zero-order chi connectivity index (χ0) is 20.1. The van der Waals surface area contributed by atoms with Crippen LogP contribution in [0.15, 0.2) is 0 Å². The van der Waals surface area contributed by atoms with Crippen molar-refractivity contribution in [2.45, 2.75) is 70.3 Å². The number of amides is 3. The number of rotatable bonds is 0. The summed E-state index contributed by atoms with van der Waals surface area (Å²) in [5.74, 6) is -3.18. The van der Waals surface area contributed by atoms with E-state index in [0.29, 0.717) is 9.80 Å². The van der Waals surface area contributed by atoms with Crippen LogP contribution in [0.25, 0.3) is 0 Å². The summed E-state index contributed by atoms with van der Waals surface area (Å²) in [5, 5.41) is 19.1. The van der Waals surface area contributed by atoms with Crippen LogP contribution in [0.5, 0.6) is 0 Å². The van der Waals surface area contributed by atoms with Crippen LogP contribution >= 0.6 is 0 Å². The molecule has 2 aliphatic rings. The van der Waals surface area contributed by atoms with Crippen LogP contribution in [-0.2, 0) is 9.59 Å². The summed E-state index contributed by atoms with van der Waals surface area (Å²) in [7, 11) is 0. The fourth-order valence-electron chi connectivity index (χ4n) is 3.82. The number of hydrogen-bond acceptors (Lipinski definition) is 4. The predicted octanol–water partition coefficient (Wildman–Crippen LogP) is 1.99. The number of aliphatic hydroxyl groups excluding tert-OH is 1. The van der Waals surface area contributed by atoms with Crippen molar-refractivity contribution in [2.24, 2.45) is 5.41 Å². The van der Waals surface area contributed by atoms with Crippen molar-refractivity contribution in [3.63, 3.8) is 0 Å². The van der Waals surface area contributed by atoms with Gasteiger partial charge in [-0.2, -0.15) is 13.2 Å². The molecule has 1 atom stereocenters. The Bertz CT molecular complexity index is 606. The number of carboxylic acid groups (broad SMARTS) is 1. The van der Waals surface area contributed by atoms with Crippen LogP contribution < -0.4 is 0 Å². The monoisotopic (exact) mass is 380 g/mol. The molecule has 2 N–H and O–H groups in total. The van der Waals surface area contributed by atoms with Crippen molar-refractivity contribution in [3.05, 3.63) is 0 Å². The molecule has 0 aromatic heterocycles. The maximum Gasteiger partial charge on any atom is 0.471 e. The Balaban J connectivity index is 2.64. The summed E-state index contributed by atoms with van der Waals surface area (Å²) >= 11 is 0. The normalized spacial score (nSPS) is 30.7. The molecule has 2 fully saturated rings. The Morgan fingerprint density at radius 1 is 1.15 bits per heavy atom. The van der Waals surface area contributed by atoms with Crippen LogP contribution in [0, 0.1) is 5.41 Å². The molecule has 7 nitrogen and oxygen atoms in total. The van der Waals surface area contributed by atoms with Gasteiger partial charge in [0, 0.05) is 0 Å². The lowest BCUT2D eigenvalue weighted by Crippen LogP contribution is -2.75. The predicted molar refractivity (Wildman–Crippen MR) is 83.1 cm³/mol. The number of carbonyl (C=O) groups excluding carboxylic acids is 2. The third-order valence-corrected chi connectivity index (χ3v) is 5.25. The minimum atomic E-state index is -5.20. The number of piperazine rings is 1. The fraction of sp³-hybridized carbons (Fsp3) is 0.812. The molecule has 1 aliphatic carbocycles. The highest BCUT2D eigenvalue weighted by atomic mass is 19.4. The van der Waals surface area contributed by atoms with Crippen LogP contribution in [-0.4, -0.2) is 68.3 Å². The van der Waals surface area contributed by atoms with Crippen molar-refractivity contribution >= 4 is 17.9 Å². The Morgan fingerprint density at radius 3 is 2.04 bits per heavy atom. The molecule has 3 amide bonds. The minimum absolute atomic E-state index is 0.0116. The number of carbonyl (C=O) groups is 3. The summed E-state index contributed by atoms with van der Waals surface area (Å²) < 4.78 is 39.9. The molecule has 0 aromatic rings. The van der Waals surface area contributed by atoms with E-state index in [1.165, 1.54) is 0 Å². The van der Waals surface area contributed by atoms with E-state index in [1.54, 1.807) is 20.8 Å². The van der Waals surface area contributed by atoms with Gasteiger partial charge >= 0.3 is 18.2 Å². The lowest BCUT2D eigenvalue weighted by Gasteiger charge is -2.57. The molecule has 1 unspecified atom stereocenters. The van der Waals surface area contributed by atoms with Gasteiger partial charge in [0.1, 0.15) is 5.54 Å². The number of nitrogens with zero attached hydrogens (tertiary/aromatic N) is 2. The third-order valence-electron chi connectivity index (χ3n) is 5.25. The van der Waals surface area contributed by atoms with Crippen molar-refractivity contribution < 1.29 is 37.8 Å². The smallest absolute Gasteiger partial charge is 0.465 e. The summed E-state index contributed by atoms with van der Waals surface area (Å²) in [4.78, 5) is 37.7.